The van der Waals surface area contributed by atoms with Crippen LogP contribution in [-0.2, 0) is 21.0 Å². The van der Waals surface area contributed by atoms with Gasteiger partial charge < -0.3 is 9.84 Å². The van der Waals surface area contributed by atoms with Crippen LogP contribution in [0.4, 0.5) is 13.2 Å². The number of piperazine rings is 1. The molecule has 2 aliphatic rings. The molecule has 1 saturated carbocycles. The van der Waals surface area contributed by atoms with E-state index in [1.807, 2.05) is 23.1 Å². The molecule has 11 heteroatoms. The zero-order valence-corrected chi connectivity index (χ0v) is 24.4. The largest absolute Gasteiger partial charge is 0.493 e. The van der Waals surface area contributed by atoms with Crippen molar-refractivity contribution < 1.29 is 36.2 Å². The van der Waals surface area contributed by atoms with Crippen molar-refractivity contribution in [2.45, 2.75) is 55.3 Å². The molecule has 1 aliphatic carbocycles. The summed E-state index contributed by atoms with van der Waals surface area (Å²) in [7, 11) is -4.16. The second-order valence-electron chi connectivity index (χ2n) is 11.2. The number of ether oxygens (including phenoxy) is 1. The monoisotopic (exact) mass is 616 g/mol. The van der Waals surface area contributed by atoms with Gasteiger partial charge in [-0.1, -0.05) is 61.7 Å². The van der Waals surface area contributed by atoms with Gasteiger partial charge in [-0.3, -0.25) is 9.69 Å². The summed E-state index contributed by atoms with van der Waals surface area (Å²) in [6.45, 7) is 0.490. The summed E-state index contributed by atoms with van der Waals surface area (Å²) in [6.07, 6.45) is 1.39. The standard InChI is InChI=1S/C32H35F3N2O5S/c33-32(34,35)26-13-11-25(12-14-26)30(24-9-5-2-6-10-24)36-19-20-37(29(21-36)31(38)39)43(40,41)28-17-15-27(16-18-28)42-22-23-7-3-1-4-8-23/h2,5-6,9-18,23,29-30H,1,3-4,7-8,19-22H2,(H,38,39)/t29-,30?/m0/s1. The van der Waals surface area contributed by atoms with Gasteiger partial charge in [-0.2, -0.15) is 17.5 Å². The first-order valence-corrected chi connectivity index (χ1v) is 15.9. The van der Waals surface area contributed by atoms with Crippen LogP contribution in [0.15, 0.2) is 83.8 Å². The van der Waals surface area contributed by atoms with Crippen molar-refractivity contribution in [1.29, 1.82) is 0 Å². The number of alkyl halides is 3. The molecule has 0 spiro atoms. The number of nitrogens with zero attached hydrogens (tertiary/aromatic N) is 2. The number of carboxylic acid groups (broad SMARTS) is 1. The molecule has 1 N–H and O–H groups in total. The van der Waals surface area contributed by atoms with Gasteiger partial charge in [0, 0.05) is 19.6 Å². The predicted molar refractivity (Wildman–Crippen MR) is 155 cm³/mol. The van der Waals surface area contributed by atoms with Gasteiger partial charge in [-0.15, -0.1) is 0 Å². The Labute approximate surface area is 249 Å². The van der Waals surface area contributed by atoms with Crippen LogP contribution in [-0.4, -0.2) is 61.0 Å². The molecule has 1 aliphatic heterocycles. The van der Waals surface area contributed by atoms with E-state index in [9.17, 15) is 31.5 Å². The lowest BCUT2D eigenvalue weighted by atomic mass is 9.90. The molecule has 0 aromatic heterocycles. The molecule has 3 aromatic rings. The number of hydrogen-bond donors (Lipinski definition) is 1. The van der Waals surface area contributed by atoms with Crippen LogP contribution in [0.3, 0.4) is 0 Å². The summed E-state index contributed by atoms with van der Waals surface area (Å²) in [5.41, 5.74) is 0.516. The van der Waals surface area contributed by atoms with Crippen molar-refractivity contribution in [3.8, 4) is 5.75 Å². The van der Waals surface area contributed by atoms with E-state index >= 15 is 0 Å². The lowest BCUT2D eigenvalue weighted by Crippen LogP contribution is -2.58. The summed E-state index contributed by atoms with van der Waals surface area (Å²) in [5, 5.41) is 10.1. The lowest BCUT2D eigenvalue weighted by molar-refractivity contribution is -0.143. The molecule has 230 valence electrons. The second-order valence-corrected chi connectivity index (χ2v) is 13.1. The highest BCUT2D eigenvalue weighted by atomic mass is 32.2. The van der Waals surface area contributed by atoms with Gasteiger partial charge >= 0.3 is 12.1 Å². The van der Waals surface area contributed by atoms with Gasteiger partial charge in [0.25, 0.3) is 0 Å². The Morgan fingerprint density at radius 3 is 2.12 bits per heavy atom. The van der Waals surface area contributed by atoms with E-state index in [1.165, 1.54) is 43.5 Å². The Kier molecular flexibility index (Phi) is 9.43. The number of carbonyl (C=O) groups is 1. The lowest BCUT2D eigenvalue weighted by Gasteiger charge is -2.42. The van der Waals surface area contributed by atoms with Crippen molar-refractivity contribution in [3.63, 3.8) is 0 Å². The number of aliphatic carboxylic acids is 1. The SMILES string of the molecule is O=C(O)[C@@H]1CN(C(c2ccccc2)c2ccc(C(F)(F)F)cc2)CCN1S(=O)(=O)c1ccc(OCC2CCCCC2)cc1. The van der Waals surface area contributed by atoms with Crippen LogP contribution in [0.2, 0.25) is 0 Å². The minimum atomic E-state index is -4.49. The molecule has 0 bridgehead atoms. The van der Waals surface area contributed by atoms with Crippen LogP contribution in [0.5, 0.6) is 5.75 Å². The van der Waals surface area contributed by atoms with Gasteiger partial charge in [-0.05, 0) is 66.3 Å². The average Bonchev–Trinajstić information content (AvgIpc) is 3.01. The second kappa shape index (κ2) is 13.1. The smallest absolute Gasteiger partial charge is 0.416 e. The fraction of sp³-hybridized carbons (Fsp3) is 0.406. The Bertz CT molecular complexity index is 1480. The summed E-state index contributed by atoms with van der Waals surface area (Å²) in [6, 6.07) is 17.9. The van der Waals surface area contributed by atoms with Crippen LogP contribution in [0.1, 0.15) is 54.8 Å². The van der Waals surface area contributed by atoms with Crippen molar-refractivity contribution in [1.82, 2.24) is 9.21 Å². The Balaban J connectivity index is 1.35. The number of rotatable bonds is 9. The summed E-state index contributed by atoms with van der Waals surface area (Å²) in [5.74, 6) is -0.251. The van der Waals surface area contributed by atoms with Gasteiger partial charge in [0.1, 0.15) is 11.8 Å². The third-order valence-corrected chi connectivity index (χ3v) is 10.2. The summed E-state index contributed by atoms with van der Waals surface area (Å²) < 4.78 is 73.9. The maximum atomic E-state index is 13.7. The fourth-order valence-electron chi connectivity index (χ4n) is 6.03. The van der Waals surface area contributed by atoms with Crippen LogP contribution in [0.25, 0.3) is 0 Å². The van der Waals surface area contributed by atoms with E-state index < -0.39 is 39.8 Å². The minimum absolute atomic E-state index is 0.0282. The molecule has 0 radical (unpaired) electrons. The number of halogens is 3. The Hall–Kier alpha value is -3.41. The highest BCUT2D eigenvalue weighted by Gasteiger charge is 2.42. The molecule has 0 amide bonds. The maximum Gasteiger partial charge on any atom is 0.416 e. The first-order valence-electron chi connectivity index (χ1n) is 14.5. The Morgan fingerprint density at radius 1 is 0.884 bits per heavy atom. The summed E-state index contributed by atoms with van der Waals surface area (Å²) in [4.78, 5) is 14.2. The molecule has 1 heterocycles. The van der Waals surface area contributed by atoms with E-state index in [-0.39, 0.29) is 24.5 Å². The molecule has 1 saturated heterocycles. The molecular weight excluding hydrogens is 581 g/mol. The van der Waals surface area contributed by atoms with Crippen molar-refractivity contribution in [2.75, 3.05) is 26.2 Å². The predicted octanol–water partition coefficient (Wildman–Crippen LogP) is 6.21. The molecule has 43 heavy (non-hydrogen) atoms. The zero-order valence-electron chi connectivity index (χ0n) is 23.6. The molecule has 2 fully saturated rings. The van der Waals surface area contributed by atoms with Crippen molar-refractivity contribution >= 4 is 16.0 Å². The van der Waals surface area contributed by atoms with Gasteiger partial charge in [0.2, 0.25) is 10.0 Å². The first kappa shape index (κ1) is 31.0. The van der Waals surface area contributed by atoms with E-state index in [0.29, 0.717) is 23.8 Å². The number of carboxylic acids is 1. The van der Waals surface area contributed by atoms with E-state index in [4.69, 9.17) is 4.74 Å². The zero-order chi connectivity index (χ0) is 30.6. The minimum Gasteiger partial charge on any atom is -0.493 e. The van der Waals surface area contributed by atoms with Gasteiger partial charge in [0.05, 0.1) is 23.1 Å². The highest BCUT2D eigenvalue weighted by Crippen LogP contribution is 2.35. The van der Waals surface area contributed by atoms with E-state index in [0.717, 1.165) is 34.8 Å². The Morgan fingerprint density at radius 2 is 1.51 bits per heavy atom. The number of hydrogen-bond acceptors (Lipinski definition) is 5. The first-order chi connectivity index (χ1) is 20.5. The molecule has 5 rings (SSSR count). The van der Waals surface area contributed by atoms with Crippen molar-refractivity contribution in [2.24, 2.45) is 5.92 Å². The number of sulfonamides is 1. The molecule has 1 unspecified atom stereocenters. The van der Waals surface area contributed by atoms with Crippen LogP contribution < -0.4 is 4.74 Å². The molecule has 7 nitrogen and oxygen atoms in total. The molecular formula is C32H35F3N2O5S. The topological polar surface area (TPSA) is 87.2 Å². The maximum absolute atomic E-state index is 13.7. The number of benzene rings is 3. The molecule has 2 atom stereocenters. The third-order valence-electron chi connectivity index (χ3n) is 8.32. The highest BCUT2D eigenvalue weighted by molar-refractivity contribution is 7.89. The van der Waals surface area contributed by atoms with Gasteiger partial charge in [0.15, 0.2) is 0 Å². The van der Waals surface area contributed by atoms with E-state index in [2.05, 4.69) is 0 Å². The average molecular weight is 617 g/mol. The molecule has 3 aromatic carbocycles. The summed E-state index contributed by atoms with van der Waals surface area (Å²) >= 11 is 0. The van der Waals surface area contributed by atoms with E-state index in [1.54, 1.807) is 24.3 Å². The van der Waals surface area contributed by atoms with Gasteiger partial charge in [-0.25, -0.2) is 8.42 Å². The third kappa shape index (κ3) is 7.22. The van der Waals surface area contributed by atoms with Crippen LogP contribution >= 0.6 is 0 Å². The normalized spacial score (nSPS) is 20.0. The van der Waals surface area contributed by atoms with Crippen molar-refractivity contribution in [3.05, 3.63) is 95.6 Å². The fourth-order valence-corrected chi connectivity index (χ4v) is 7.59. The quantitative estimate of drug-likeness (QED) is 0.308. The van der Waals surface area contributed by atoms with Crippen LogP contribution in [0, 0.1) is 5.92 Å².